The van der Waals surface area contributed by atoms with Crippen LogP contribution in [-0.4, -0.2) is 78.8 Å². The number of likely N-dealkylation sites (tertiary alicyclic amines) is 2. The predicted octanol–water partition coefficient (Wildman–Crippen LogP) is 3.84. The summed E-state index contributed by atoms with van der Waals surface area (Å²) in [5.41, 5.74) is 2.10. The lowest BCUT2D eigenvalue weighted by atomic mass is 9.79. The van der Waals surface area contributed by atoms with Crippen molar-refractivity contribution in [3.63, 3.8) is 0 Å². The van der Waals surface area contributed by atoms with Crippen LogP contribution in [0.1, 0.15) is 55.6 Å². The van der Waals surface area contributed by atoms with Gasteiger partial charge in [0.15, 0.2) is 0 Å². The van der Waals surface area contributed by atoms with E-state index in [9.17, 15) is 19.1 Å². The number of halogens is 1. The molecule has 0 radical (unpaired) electrons. The van der Waals surface area contributed by atoms with Crippen molar-refractivity contribution in [2.75, 3.05) is 45.8 Å². The Bertz CT molecular complexity index is 1230. The van der Waals surface area contributed by atoms with Gasteiger partial charge in [-0.2, -0.15) is 0 Å². The summed E-state index contributed by atoms with van der Waals surface area (Å²) in [5, 5.41) is 9.96. The van der Waals surface area contributed by atoms with E-state index in [4.69, 9.17) is 4.74 Å². The number of para-hydroxylation sites is 1. The lowest BCUT2D eigenvalue weighted by molar-refractivity contribution is -0.892. The third kappa shape index (κ3) is 6.59. The van der Waals surface area contributed by atoms with Gasteiger partial charge in [0, 0.05) is 44.1 Å². The van der Waals surface area contributed by atoms with Crippen molar-refractivity contribution in [3.8, 4) is 5.75 Å². The molecular formula is C33H43FN3O4+. The van der Waals surface area contributed by atoms with Gasteiger partial charge >= 0.3 is 12.1 Å². The van der Waals surface area contributed by atoms with E-state index in [1.54, 1.807) is 12.1 Å². The number of carboxylic acid groups (broad SMARTS) is 1. The number of carbonyl (C=O) groups excluding carboxylic acids is 1. The van der Waals surface area contributed by atoms with E-state index in [0.29, 0.717) is 30.7 Å². The zero-order valence-corrected chi connectivity index (χ0v) is 23.8. The van der Waals surface area contributed by atoms with Gasteiger partial charge in [-0.1, -0.05) is 49.6 Å². The number of carboxylic acids is 1. The monoisotopic (exact) mass is 564 g/mol. The number of piperidine rings is 1. The fourth-order valence-electron chi connectivity index (χ4n) is 7.68. The number of hydrogen-bond acceptors (Lipinski definition) is 4. The van der Waals surface area contributed by atoms with Crippen LogP contribution in [0, 0.1) is 23.6 Å². The van der Waals surface area contributed by atoms with E-state index in [1.165, 1.54) is 17.4 Å². The normalized spacial score (nSPS) is 26.6. The molecule has 1 amide bonds. The second-order valence-corrected chi connectivity index (χ2v) is 12.8. The standard InChI is InChI=1S/C33H42FN3O4/c34-28-9-4-8-25(18-28)30-22-36(19-26(32(38)39)17-23-5-3-6-23)21-27(30)20-35-14-12-29(13-15-35)37-16-11-24-7-1-2-10-31(24)41-33(37)40/h1-2,4,7-10,18,23,26-27,29-30H,3,5-6,11-17,19-22H2,(H,38,39)/p+1. The molecule has 2 saturated heterocycles. The van der Waals surface area contributed by atoms with Crippen LogP contribution in [0.3, 0.4) is 0 Å². The van der Waals surface area contributed by atoms with Crippen molar-refractivity contribution in [3.05, 3.63) is 65.5 Å². The zero-order chi connectivity index (χ0) is 28.3. The lowest BCUT2D eigenvalue weighted by Gasteiger charge is -2.38. The summed E-state index contributed by atoms with van der Waals surface area (Å²) in [6, 6.07) is 14.9. The molecule has 4 atom stereocenters. The quantitative estimate of drug-likeness (QED) is 0.484. The second kappa shape index (κ2) is 12.5. The van der Waals surface area contributed by atoms with Crippen LogP contribution < -0.4 is 9.64 Å². The molecule has 2 aromatic carbocycles. The Morgan fingerprint density at radius 2 is 1.85 bits per heavy atom. The molecule has 1 aliphatic carbocycles. The summed E-state index contributed by atoms with van der Waals surface area (Å²) >= 11 is 0. The fourth-order valence-corrected chi connectivity index (χ4v) is 7.68. The van der Waals surface area contributed by atoms with E-state index >= 15 is 0 Å². The van der Waals surface area contributed by atoms with Gasteiger partial charge in [-0.25, -0.2) is 9.18 Å². The molecule has 3 aliphatic heterocycles. The van der Waals surface area contributed by atoms with Crippen molar-refractivity contribution >= 4 is 12.1 Å². The van der Waals surface area contributed by atoms with Crippen LogP contribution in [0.15, 0.2) is 48.5 Å². The minimum Gasteiger partial charge on any atom is -0.481 e. The van der Waals surface area contributed by atoms with Gasteiger partial charge in [-0.05, 0) is 60.9 Å². The third-order valence-electron chi connectivity index (χ3n) is 10.1. The molecule has 1 saturated carbocycles. The summed E-state index contributed by atoms with van der Waals surface area (Å²) in [7, 11) is 0. The molecule has 3 heterocycles. The molecule has 2 N–H and O–H groups in total. The molecule has 3 fully saturated rings. The van der Waals surface area contributed by atoms with E-state index in [-0.39, 0.29) is 29.8 Å². The van der Waals surface area contributed by atoms with E-state index in [1.807, 2.05) is 35.2 Å². The highest BCUT2D eigenvalue weighted by Gasteiger charge is 2.41. The van der Waals surface area contributed by atoms with Gasteiger partial charge in [0.05, 0.1) is 19.6 Å². The van der Waals surface area contributed by atoms with Gasteiger partial charge in [0.1, 0.15) is 17.5 Å². The summed E-state index contributed by atoms with van der Waals surface area (Å²) in [6.07, 6.45) is 6.69. The molecule has 8 heteroatoms. The SMILES string of the molecule is O=C(O)C(CC1CCC1)C[NH+]1CC(CN2CCC(N3CCc4ccccc4OC3=O)CC2)C(c2cccc(F)c2)C1. The number of fused-ring (bicyclic) bond motifs is 1. The zero-order valence-electron chi connectivity index (χ0n) is 23.8. The predicted molar refractivity (Wildman–Crippen MR) is 154 cm³/mol. The molecule has 0 aromatic heterocycles. The molecular weight excluding hydrogens is 521 g/mol. The molecule has 2 aromatic rings. The third-order valence-corrected chi connectivity index (χ3v) is 10.1. The van der Waals surface area contributed by atoms with Gasteiger partial charge in [-0.3, -0.25) is 4.79 Å². The maximum absolute atomic E-state index is 14.2. The highest BCUT2D eigenvalue weighted by atomic mass is 19.1. The molecule has 0 bridgehead atoms. The van der Waals surface area contributed by atoms with E-state index in [0.717, 1.165) is 82.4 Å². The number of hydrogen-bond donors (Lipinski definition) is 2. The highest BCUT2D eigenvalue weighted by molar-refractivity contribution is 5.72. The van der Waals surface area contributed by atoms with Gasteiger partial charge in [-0.15, -0.1) is 0 Å². The number of benzene rings is 2. The Kier molecular flexibility index (Phi) is 8.58. The van der Waals surface area contributed by atoms with E-state index < -0.39 is 5.97 Å². The first kappa shape index (κ1) is 28.2. The number of ether oxygens (including phenoxy) is 1. The van der Waals surface area contributed by atoms with Crippen LogP contribution in [0.2, 0.25) is 0 Å². The summed E-state index contributed by atoms with van der Waals surface area (Å²) < 4.78 is 20.0. The average molecular weight is 565 g/mol. The Balaban J connectivity index is 1.08. The van der Waals surface area contributed by atoms with Crippen LogP contribution in [-0.2, 0) is 11.2 Å². The molecule has 4 aliphatic rings. The van der Waals surface area contributed by atoms with E-state index in [2.05, 4.69) is 4.90 Å². The molecule has 6 rings (SSSR count). The van der Waals surface area contributed by atoms with Gasteiger partial charge < -0.3 is 24.5 Å². The van der Waals surface area contributed by atoms with Crippen molar-refractivity contribution < 1.29 is 28.7 Å². The Morgan fingerprint density at radius 3 is 2.59 bits per heavy atom. The first-order valence-corrected chi connectivity index (χ1v) is 15.5. The number of amides is 1. The summed E-state index contributed by atoms with van der Waals surface area (Å²) in [6.45, 7) is 5.80. The van der Waals surface area contributed by atoms with Crippen molar-refractivity contribution in [2.24, 2.45) is 17.8 Å². The molecule has 4 unspecified atom stereocenters. The maximum Gasteiger partial charge on any atom is 0.415 e. The molecule has 220 valence electrons. The summed E-state index contributed by atoms with van der Waals surface area (Å²) in [5.74, 6) is 0.576. The highest BCUT2D eigenvalue weighted by Crippen LogP contribution is 2.33. The molecule has 41 heavy (non-hydrogen) atoms. The van der Waals surface area contributed by atoms with Crippen LogP contribution in [0.25, 0.3) is 0 Å². The second-order valence-electron chi connectivity index (χ2n) is 12.8. The Labute approximate surface area is 242 Å². The molecule has 7 nitrogen and oxygen atoms in total. The van der Waals surface area contributed by atoms with Crippen molar-refractivity contribution in [1.82, 2.24) is 9.80 Å². The first-order chi connectivity index (χ1) is 19.9. The average Bonchev–Trinajstić information content (AvgIpc) is 3.25. The minimum absolute atomic E-state index is 0.167. The number of rotatable bonds is 9. The fraction of sp³-hybridized carbons (Fsp3) is 0.576. The first-order valence-electron chi connectivity index (χ1n) is 15.5. The van der Waals surface area contributed by atoms with Gasteiger partial charge in [0.2, 0.25) is 0 Å². The Hall–Kier alpha value is -2.97. The van der Waals surface area contributed by atoms with Crippen LogP contribution >= 0.6 is 0 Å². The largest absolute Gasteiger partial charge is 0.481 e. The number of aliphatic carboxylic acids is 1. The number of nitrogens with zero attached hydrogens (tertiary/aromatic N) is 2. The van der Waals surface area contributed by atoms with Crippen molar-refractivity contribution in [1.29, 1.82) is 0 Å². The number of quaternary nitrogens is 1. The lowest BCUT2D eigenvalue weighted by Crippen LogP contribution is -3.11. The number of carbonyl (C=O) groups is 2. The van der Waals surface area contributed by atoms with Crippen LogP contribution in [0.4, 0.5) is 9.18 Å². The molecule has 0 spiro atoms. The van der Waals surface area contributed by atoms with Crippen molar-refractivity contribution in [2.45, 2.75) is 56.9 Å². The number of nitrogens with one attached hydrogen (secondary N) is 1. The minimum atomic E-state index is -0.674. The maximum atomic E-state index is 14.2. The summed E-state index contributed by atoms with van der Waals surface area (Å²) in [4.78, 5) is 30.8. The topological polar surface area (TPSA) is 74.5 Å². The van der Waals surface area contributed by atoms with Gasteiger partial charge in [0.25, 0.3) is 0 Å². The Morgan fingerprint density at radius 1 is 1.05 bits per heavy atom. The smallest absolute Gasteiger partial charge is 0.415 e. The van der Waals surface area contributed by atoms with Crippen LogP contribution in [0.5, 0.6) is 5.75 Å².